The number of hydrogen-bond donors (Lipinski definition) is 1. The van der Waals surface area contributed by atoms with Gasteiger partial charge in [-0.05, 0) is 43.3 Å². The molecule has 5 heteroatoms. The van der Waals surface area contributed by atoms with Crippen LogP contribution in [0.25, 0.3) is 10.9 Å². The van der Waals surface area contributed by atoms with Crippen LogP contribution in [0.4, 0.5) is 11.5 Å². The van der Waals surface area contributed by atoms with E-state index in [-0.39, 0.29) is 5.56 Å². The van der Waals surface area contributed by atoms with Crippen LogP contribution >= 0.6 is 0 Å². The van der Waals surface area contributed by atoms with Crippen molar-refractivity contribution in [2.75, 3.05) is 11.9 Å². The van der Waals surface area contributed by atoms with Crippen molar-refractivity contribution < 1.29 is 9.90 Å². The molecule has 0 saturated heterocycles. The number of para-hydroxylation sites is 1. The molecule has 3 aromatic rings. The number of rotatable bonds is 3. The molecule has 2 aromatic carbocycles. The molecule has 0 unspecified atom stereocenters. The quantitative estimate of drug-likeness (QED) is 0.801. The highest BCUT2D eigenvalue weighted by atomic mass is 16.4. The first-order valence-corrected chi connectivity index (χ1v) is 6.87. The number of anilines is 2. The summed E-state index contributed by atoms with van der Waals surface area (Å²) in [7, 11) is 1.91. The largest absolute Gasteiger partial charge is 0.478 e. The highest BCUT2D eigenvalue weighted by molar-refractivity contribution is 5.92. The van der Waals surface area contributed by atoms with Gasteiger partial charge in [-0.3, -0.25) is 0 Å². The van der Waals surface area contributed by atoms with Gasteiger partial charge in [0.25, 0.3) is 0 Å². The number of nitrogens with zero attached hydrogens (tertiary/aromatic N) is 3. The van der Waals surface area contributed by atoms with Crippen molar-refractivity contribution in [3.05, 3.63) is 59.9 Å². The fraction of sp³-hybridized carbons (Fsp3) is 0.118. The van der Waals surface area contributed by atoms with Crippen LogP contribution in [0.2, 0.25) is 0 Å². The van der Waals surface area contributed by atoms with E-state index >= 15 is 0 Å². The summed E-state index contributed by atoms with van der Waals surface area (Å²) in [6, 6.07) is 14.5. The second kappa shape index (κ2) is 5.44. The summed E-state index contributed by atoms with van der Waals surface area (Å²) in [6.07, 6.45) is 0. The molecule has 1 aromatic heterocycles. The van der Waals surface area contributed by atoms with E-state index in [2.05, 4.69) is 9.97 Å². The first-order chi connectivity index (χ1) is 10.6. The van der Waals surface area contributed by atoms with Gasteiger partial charge in [-0.25, -0.2) is 14.8 Å². The average molecular weight is 293 g/mol. The summed E-state index contributed by atoms with van der Waals surface area (Å²) in [5.41, 5.74) is 2.02. The molecule has 0 aliphatic carbocycles. The monoisotopic (exact) mass is 293 g/mol. The summed E-state index contributed by atoms with van der Waals surface area (Å²) in [5.74, 6) is 0.561. The second-order valence-corrected chi connectivity index (χ2v) is 5.02. The molecule has 0 radical (unpaired) electrons. The Morgan fingerprint density at radius 3 is 2.41 bits per heavy atom. The first kappa shape index (κ1) is 14.0. The molecule has 1 heterocycles. The molecular weight excluding hydrogens is 278 g/mol. The zero-order valence-electron chi connectivity index (χ0n) is 12.3. The topological polar surface area (TPSA) is 66.3 Å². The van der Waals surface area contributed by atoms with Crippen LogP contribution in [0.5, 0.6) is 0 Å². The number of benzene rings is 2. The van der Waals surface area contributed by atoms with Crippen molar-refractivity contribution >= 4 is 28.4 Å². The summed E-state index contributed by atoms with van der Waals surface area (Å²) in [6.45, 7) is 1.86. The van der Waals surface area contributed by atoms with Crippen molar-refractivity contribution in [2.45, 2.75) is 6.92 Å². The van der Waals surface area contributed by atoms with Gasteiger partial charge in [0.05, 0.1) is 11.1 Å². The number of aromatic carboxylic acids is 1. The maximum atomic E-state index is 10.9. The SMILES string of the molecule is Cc1nc(N(C)c2ccc(C(=O)O)cc2)c2ccccc2n1. The summed E-state index contributed by atoms with van der Waals surface area (Å²) in [4.78, 5) is 21.8. The Hall–Kier alpha value is -2.95. The van der Waals surface area contributed by atoms with E-state index in [1.54, 1.807) is 24.3 Å². The van der Waals surface area contributed by atoms with E-state index in [9.17, 15) is 4.79 Å². The highest BCUT2D eigenvalue weighted by Crippen LogP contribution is 2.28. The predicted molar refractivity (Wildman–Crippen MR) is 85.7 cm³/mol. The molecule has 0 saturated carbocycles. The van der Waals surface area contributed by atoms with Crippen LogP contribution in [-0.2, 0) is 0 Å². The number of carbonyl (C=O) groups is 1. The zero-order valence-corrected chi connectivity index (χ0v) is 12.3. The third-order valence-electron chi connectivity index (χ3n) is 3.51. The molecule has 0 amide bonds. The molecule has 22 heavy (non-hydrogen) atoms. The fourth-order valence-electron chi connectivity index (χ4n) is 2.38. The Morgan fingerprint density at radius 2 is 1.73 bits per heavy atom. The average Bonchev–Trinajstić information content (AvgIpc) is 2.53. The summed E-state index contributed by atoms with van der Waals surface area (Å²) in [5, 5.41) is 9.93. The molecule has 0 aliphatic rings. The number of carboxylic acids is 1. The number of fused-ring (bicyclic) bond motifs is 1. The lowest BCUT2D eigenvalue weighted by Crippen LogP contribution is -2.13. The van der Waals surface area contributed by atoms with Crippen molar-refractivity contribution in [2.24, 2.45) is 0 Å². The van der Waals surface area contributed by atoms with Gasteiger partial charge < -0.3 is 10.0 Å². The van der Waals surface area contributed by atoms with Gasteiger partial charge >= 0.3 is 5.97 Å². The maximum Gasteiger partial charge on any atom is 0.335 e. The van der Waals surface area contributed by atoms with Crippen LogP contribution in [-0.4, -0.2) is 28.1 Å². The van der Waals surface area contributed by atoms with Crippen LogP contribution in [0.3, 0.4) is 0 Å². The minimum atomic E-state index is -0.933. The lowest BCUT2D eigenvalue weighted by Gasteiger charge is -2.20. The molecule has 0 bridgehead atoms. The number of carboxylic acid groups (broad SMARTS) is 1. The highest BCUT2D eigenvalue weighted by Gasteiger charge is 2.12. The van der Waals surface area contributed by atoms with E-state index in [4.69, 9.17) is 5.11 Å². The van der Waals surface area contributed by atoms with E-state index < -0.39 is 5.97 Å². The summed E-state index contributed by atoms with van der Waals surface area (Å²) < 4.78 is 0. The van der Waals surface area contributed by atoms with Gasteiger partial charge in [0, 0.05) is 18.1 Å². The normalized spacial score (nSPS) is 10.6. The summed E-state index contributed by atoms with van der Waals surface area (Å²) >= 11 is 0. The third-order valence-corrected chi connectivity index (χ3v) is 3.51. The molecule has 3 rings (SSSR count). The van der Waals surface area contributed by atoms with Crippen molar-refractivity contribution in [1.82, 2.24) is 9.97 Å². The lowest BCUT2D eigenvalue weighted by atomic mass is 10.2. The maximum absolute atomic E-state index is 10.9. The third kappa shape index (κ3) is 2.48. The lowest BCUT2D eigenvalue weighted by molar-refractivity contribution is 0.0697. The second-order valence-electron chi connectivity index (χ2n) is 5.02. The van der Waals surface area contributed by atoms with E-state index in [1.165, 1.54) is 0 Å². The first-order valence-electron chi connectivity index (χ1n) is 6.87. The van der Waals surface area contributed by atoms with E-state index in [0.29, 0.717) is 5.82 Å². The molecule has 0 atom stereocenters. The van der Waals surface area contributed by atoms with Gasteiger partial charge in [0.1, 0.15) is 11.6 Å². The fourth-order valence-corrected chi connectivity index (χ4v) is 2.38. The van der Waals surface area contributed by atoms with Gasteiger partial charge in [0.15, 0.2) is 0 Å². The zero-order chi connectivity index (χ0) is 15.7. The Bertz CT molecular complexity index is 844. The van der Waals surface area contributed by atoms with Gasteiger partial charge in [-0.1, -0.05) is 12.1 Å². The molecule has 0 aliphatic heterocycles. The molecule has 5 nitrogen and oxygen atoms in total. The number of aromatic nitrogens is 2. The standard InChI is InChI=1S/C17H15N3O2/c1-11-18-15-6-4-3-5-14(15)16(19-11)20(2)13-9-7-12(8-10-13)17(21)22/h3-10H,1-2H3,(H,21,22). The number of aryl methyl sites for hydroxylation is 1. The Balaban J connectivity index is 2.08. The van der Waals surface area contributed by atoms with Crippen LogP contribution in [0.15, 0.2) is 48.5 Å². The van der Waals surface area contributed by atoms with Crippen molar-refractivity contribution in [1.29, 1.82) is 0 Å². The molecular formula is C17H15N3O2. The van der Waals surface area contributed by atoms with Gasteiger partial charge in [-0.15, -0.1) is 0 Å². The van der Waals surface area contributed by atoms with E-state index in [1.807, 2.05) is 43.1 Å². The smallest absolute Gasteiger partial charge is 0.335 e. The molecule has 110 valence electrons. The van der Waals surface area contributed by atoms with Crippen molar-refractivity contribution in [3.63, 3.8) is 0 Å². The van der Waals surface area contributed by atoms with Crippen LogP contribution in [0, 0.1) is 6.92 Å². The van der Waals surface area contributed by atoms with Gasteiger partial charge in [0.2, 0.25) is 0 Å². The van der Waals surface area contributed by atoms with E-state index in [0.717, 1.165) is 22.4 Å². The Labute approximate surface area is 127 Å². The van der Waals surface area contributed by atoms with Crippen LogP contribution < -0.4 is 4.90 Å². The predicted octanol–water partition coefficient (Wildman–Crippen LogP) is 3.40. The Morgan fingerprint density at radius 1 is 1.05 bits per heavy atom. The minimum absolute atomic E-state index is 0.265. The molecule has 0 fully saturated rings. The van der Waals surface area contributed by atoms with Crippen molar-refractivity contribution in [3.8, 4) is 0 Å². The molecule has 0 spiro atoms. The Kier molecular flexibility index (Phi) is 3.47. The van der Waals surface area contributed by atoms with Crippen LogP contribution in [0.1, 0.15) is 16.2 Å². The minimum Gasteiger partial charge on any atom is -0.478 e. The van der Waals surface area contributed by atoms with Gasteiger partial charge in [-0.2, -0.15) is 0 Å². The number of hydrogen-bond acceptors (Lipinski definition) is 4. The molecule has 1 N–H and O–H groups in total.